The van der Waals surface area contributed by atoms with E-state index in [1.807, 2.05) is 6.92 Å². The molecule has 0 radical (unpaired) electrons. The van der Waals surface area contributed by atoms with Crippen molar-refractivity contribution in [3.05, 3.63) is 34.4 Å². The molecular formula is C18H26O2. The number of benzene rings is 1. The summed E-state index contributed by atoms with van der Waals surface area (Å²) < 4.78 is 5.88. The standard InChI is InChI=1S/C18H26O2/c1-5-20-18(8-6-7-9-18)17(19)12-16-14(3)10-13(2)11-15(16)4/h10-11H,5-9,12H2,1-4H3. The fourth-order valence-corrected chi connectivity index (χ4v) is 3.54. The highest BCUT2D eigenvalue weighted by molar-refractivity contribution is 5.90. The molecule has 1 fully saturated rings. The number of hydrogen-bond acceptors (Lipinski definition) is 2. The van der Waals surface area contributed by atoms with Crippen LogP contribution in [-0.4, -0.2) is 18.0 Å². The van der Waals surface area contributed by atoms with Crippen LogP contribution in [0.25, 0.3) is 0 Å². The number of ketones is 1. The molecule has 0 unspecified atom stereocenters. The third-order valence-corrected chi connectivity index (χ3v) is 4.52. The van der Waals surface area contributed by atoms with Gasteiger partial charge in [-0.3, -0.25) is 4.79 Å². The Bertz CT molecular complexity index is 473. The van der Waals surface area contributed by atoms with Gasteiger partial charge in [0.05, 0.1) is 0 Å². The fraction of sp³-hybridized carbons (Fsp3) is 0.611. The second kappa shape index (κ2) is 6.09. The molecule has 0 heterocycles. The minimum Gasteiger partial charge on any atom is -0.367 e. The minimum atomic E-state index is -0.501. The zero-order valence-electron chi connectivity index (χ0n) is 13.2. The molecule has 0 saturated heterocycles. The maximum atomic E-state index is 12.8. The second-order valence-corrected chi connectivity index (χ2v) is 6.11. The van der Waals surface area contributed by atoms with E-state index in [0.717, 1.165) is 25.7 Å². The SMILES string of the molecule is CCOC1(C(=O)Cc2c(C)cc(C)cc2C)CCCC1. The number of rotatable bonds is 5. The van der Waals surface area contributed by atoms with Gasteiger partial charge in [0.15, 0.2) is 5.78 Å². The Kier molecular flexibility index (Phi) is 4.64. The highest BCUT2D eigenvalue weighted by Crippen LogP contribution is 2.35. The first kappa shape index (κ1) is 15.2. The monoisotopic (exact) mass is 274 g/mol. The Morgan fingerprint density at radius 2 is 1.70 bits per heavy atom. The van der Waals surface area contributed by atoms with Gasteiger partial charge in [-0.2, -0.15) is 0 Å². The molecule has 1 aliphatic rings. The predicted octanol–water partition coefficient (Wildman–Crippen LogP) is 4.07. The summed E-state index contributed by atoms with van der Waals surface area (Å²) >= 11 is 0. The first-order valence-electron chi connectivity index (χ1n) is 7.72. The van der Waals surface area contributed by atoms with Crippen LogP contribution < -0.4 is 0 Å². The maximum absolute atomic E-state index is 12.8. The Morgan fingerprint density at radius 3 is 2.20 bits per heavy atom. The molecule has 0 bridgehead atoms. The van der Waals surface area contributed by atoms with Gasteiger partial charge in [-0.05, 0) is 70.1 Å². The number of ether oxygens (including phenoxy) is 1. The number of aryl methyl sites for hydroxylation is 3. The Balaban J connectivity index is 2.23. The van der Waals surface area contributed by atoms with Gasteiger partial charge in [0, 0.05) is 13.0 Å². The van der Waals surface area contributed by atoms with Gasteiger partial charge in [0.25, 0.3) is 0 Å². The van der Waals surface area contributed by atoms with E-state index >= 15 is 0 Å². The van der Waals surface area contributed by atoms with Gasteiger partial charge in [0.2, 0.25) is 0 Å². The highest BCUT2D eigenvalue weighted by Gasteiger charge is 2.41. The average Bonchev–Trinajstić information content (AvgIpc) is 2.83. The molecule has 0 N–H and O–H groups in total. The minimum absolute atomic E-state index is 0.270. The van der Waals surface area contributed by atoms with Crippen LogP contribution >= 0.6 is 0 Å². The molecule has 0 aliphatic heterocycles. The molecule has 1 aliphatic carbocycles. The molecule has 2 rings (SSSR count). The molecule has 0 amide bonds. The summed E-state index contributed by atoms with van der Waals surface area (Å²) in [6.07, 6.45) is 4.51. The van der Waals surface area contributed by atoms with E-state index in [1.165, 1.54) is 22.3 Å². The van der Waals surface area contributed by atoms with E-state index in [2.05, 4.69) is 32.9 Å². The molecule has 1 aromatic carbocycles. The lowest BCUT2D eigenvalue weighted by atomic mass is 9.88. The third kappa shape index (κ3) is 2.95. The van der Waals surface area contributed by atoms with Crippen LogP contribution in [0.1, 0.15) is 54.9 Å². The van der Waals surface area contributed by atoms with Gasteiger partial charge < -0.3 is 4.74 Å². The van der Waals surface area contributed by atoms with Crippen molar-refractivity contribution in [3.8, 4) is 0 Å². The largest absolute Gasteiger partial charge is 0.367 e. The molecule has 0 spiro atoms. The number of Topliss-reactive ketones (excluding diaryl/α,β-unsaturated/α-hetero) is 1. The predicted molar refractivity (Wildman–Crippen MR) is 82.2 cm³/mol. The van der Waals surface area contributed by atoms with Gasteiger partial charge in [-0.25, -0.2) is 0 Å². The fourth-order valence-electron chi connectivity index (χ4n) is 3.54. The van der Waals surface area contributed by atoms with Crippen molar-refractivity contribution in [3.63, 3.8) is 0 Å². The summed E-state index contributed by atoms with van der Waals surface area (Å²) in [4.78, 5) is 12.8. The lowest BCUT2D eigenvalue weighted by Crippen LogP contribution is -2.40. The van der Waals surface area contributed by atoms with E-state index < -0.39 is 5.60 Å². The lowest BCUT2D eigenvalue weighted by Gasteiger charge is -2.28. The zero-order chi connectivity index (χ0) is 14.8. The molecule has 2 heteroatoms. The van der Waals surface area contributed by atoms with Crippen LogP contribution in [0.4, 0.5) is 0 Å². The number of carbonyl (C=O) groups is 1. The van der Waals surface area contributed by atoms with E-state index in [0.29, 0.717) is 13.0 Å². The quantitative estimate of drug-likeness (QED) is 0.809. The molecule has 0 aromatic heterocycles. The summed E-state index contributed by atoms with van der Waals surface area (Å²) in [5.41, 5.74) is 4.39. The summed E-state index contributed by atoms with van der Waals surface area (Å²) in [6.45, 7) is 8.91. The summed E-state index contributed by atoms with van der Waals surface area (Å²) in [7, 11) is 0. The number of carbonyl (C=O) groups excluding carboxylic acids is 1. The van der Waals surface area contributed by atoms with Crippen molar-refractivity contribution in [2.24, 2.45) is 0 Å². The second-order valence-electron chi connectivity index (χ2n) is 6.11. The smallest absolute Gasteiger partial charge is 0.168 e. The molecule has 0 atom stereocenters. The molecule has 110 valence electrons. The third-order valence-electron chi connectivity index (χ3n) is 4.52. The van der Waals surface area contributed by atoms with Crippen LogP contribution in [0.2, 0.25) is 0 Å². The van der Waals surface area contributed by atoms with E-state index in [4.69, 9.17) is 4.74 Å². The molecule has 1 aromatic rings. The Hall–Kier alpha value is -1.15. The summed E-state index contributed by atoms with van der Waals surface area (Å²) in [5, 5.41) is 0. The van der Waals surface area contributed by atoms with Crippen molar-refractivity contribution >= 4 is 5.78 Å². The van der Waals surface area contributed by atoms with Crippen molar-refractivity contribution in [1.29, 1.82) is 0 Å². The first-order valence-corrected chi connectivity index (χ1v) is 7.72. The summed E-state index contributed by atoms with van der Waals surface area (Å²) in [6, 6.07) is 4.33. The molecule has 2 nitrogen and oxygen atoms in total. The van der Waals surface area contributed by atoms with Crippen LogP contribution in [0.3, 0.4) is 0 Å². The molecule has 20 heavy (non-hydrogen) atoms. The summed E-state index contributed by atoms with van der Waals surface area (Å²) in [5.74, 6) is 0.270. The van der Waals surface area contributed by atoms with Crippen LogP contribution in [0.15, 0.2) is 12.1 Å². The lowest BCUT2D eigenvalue weighted by molar-refractivity contribution is -0.142. The molecular weight excluding hydrogens is 248 g/mol. The topological polar surface area (TPSA) is 26.3 Å². The van der Waals surface area contributed by atoms with Crippen molar-refractivity contribution in [2.45, 2.75) is 65.4 Å². The highest BCUT2D eigenvalue weighted by atomic mass is 16.5. The van der Waals surface area contributed by atoms with Crippen molar-refractivity contribution < 1.29 is 9.53 Å². The van der Waals surface area contributed by atoms with Crippen molar-refractivity contribution in [1.82, 2.24) is 0 Å². The van der Waals surface area contributed by atoms with Crippen LogP contribution in [0.5, 0.6) is 0 Å². The zero-order valence-corrected chi connectivity index (χ0v) is 13.2. The van der Waals surface area contributed by atoms with Gasteiger partial charge in [0.1, 0.15) is 5.60 Å². The maximum Gasteiger partial charge on any atom is 0.168 e. The van der Waals surface area contributed by atoms with Gasteiger partial charge in [-0.1, -0.05) is 17.7 Å². The van der Waals surface area contributed by atoms with Crippen LogP contribution in [-0.2, 0) is 16.0 Å². The Labute approximate surface area is 122 Å². The Morgan fingerprint density at radius 1 is 1.15 bits per heavy atom. The molecule has 1 saturated carbocycles. The number of hydrogen-bond donors (Lipinski definition) is 0. The van der Waals surface area contributed by atoms with E-state index in [-0.39, 0.29) is 5.78 Å². The van der Waals surface area contributed by atoms with Gasteiger partial charge in [-0.15, -0.1) is 0 Å². The average molecular weight is 274 g/mol. The first-order chi connectivity index (χ1) is 9.48. The van der Waals surface area contributed by atoms with Crippen molar-refractivity contribution in [2.75, 3.05) is 6.61 Å². The normalized spacial score (nSPS) is 17.4. The van der Waals surface area contributed by atoms with Gasteiger partial charge >= 0.3 is 0 Å². The van der Waals surface area contributed by atoms with Crippen LogP contribution in [0, 0.1) is 20.8 Å². The van der Waals surface area contributed by atoms with E-state index in [9.17, 15) is 4.79 Å². The van der Waals surface area contributed by atoms with E-state index in [1.54, 1.807) is 0 Å².